The smallest absolute Gasteiger partial charge is 0.138 e. The van der Waals surface area contributed by atoms with Gasteiger partial charge in [-0.05, 0) is 54.3 Å². The van der Waals surface area contributed by atoms with Crippen LogP contribution in [0.5, 0.6) is 0 Å². The number of nitrogens with one attached hydrogen (secondary N) is 1. The molecule has 4 N–H and O–H groups in total. The molecule has 0 heterocycles. The van der Waals surface area contributed by atoms with E-state index in [1.54, 1.807) is 6.07 Å². The van der Waals surface area contributed by atoms with Crippen molar-refractivity contribution in [2.45, 2.75) is 37.8 Å². The summed E-state index contributed by atoms with van der Waals surface area (Å²) < 4.78 is 14.0. The molecule has 1 aromatic carbocycles. The lowest BCUT2D eigenvalue weighted by Crippen LogP contribution is -2.28. The SMILES string of the molecule is Nc1cc(I)c(F)cc1NC1CCC(O)CC1. The van der Waals surface area contributed by atoms with Crippen LogP contribution in [0.4, 0.5) is 15.8 Å². The lowest BCUT2D eigenvalue weighted by Gasteiger charge is -2.27. The summed E-state index contributed by atoms with van der Waals surface area (Å²) in [6, 6.07) is 3.36. The number of halogens is 2. The molecule has 17 heavy (non-hydrogen) atoms. The molecule has 5 heteroatoms. The van der Waals surface area contributed by atoms with E-state index in [1.807, 2.05) is 22.6 Å². The number of hydrogen-bond donors (Lipinski definition) is 3. The van der Waals surface area contributed by atoms with Crippen LogP contribution < -0.4 is 11.1 Å². The van der Waals surface area contributed by atoms with E-state index in [0.717, 1.165) is 25.7 Å². The third kappa shape index (κ3) is 3.22. The molecule has 1 aliphatic rings. The van der Waals surface area contributed by atoms with Crippen molar-refractivity contribution in [1.29, 1.82) is 0 Å². The second-order valence-corrected chi connectivity index (χ2v) is 5.67. The number of nitrogen functional groups attached to an aromatic ring is 1. The zero-order chi connectivity index (χ0) is 12.4. The molecular formula is C12H16FIN2O. The fourth-order valence-corrected chi connectivity index (χ4v) is 2.62. The third-order valence-corrected chi connectivity index (χ3v) is 3.98. The molecule has 1 fully saturated rings. The number of rotatable bonds is 2. The Hall–Kier alpha value is -0.560. The Morgan fingerprint density at radius 1 is 1.29 bits per heavy atom. The molecule has 0 spiro atoms. The van der Waals surface area contributed by atoms with Gasteiger partial charge in [0.2, 0.25) is 0 Å². The molecule has 1 aromatic rings. The largest absolute Gasteiger partial charge is 0.397 e. The molecule has 0 aliphatic heterocycles. The molecule has 94 valence electrons. The van der Waals surface area contributed by atoms with Gasteiger partial charge in [0.15, 0.2) is 0 Å². The number of nitrogens with two attached hydrogens (primary N) is 1. The van der Waals surface area contributed by atoms with Crippen LogP contribution in [0.1, 0.15) is 25.7 Å². The van der Waals surface area contributed by atoms with Gasteiger partial charge in [0.1, 0.15) is 5.82 Å². The summed E-state index contributed by atoms with van der Waals surface area (Å²) in [4.78, 5) is 0. The minimum absolute atomic E-state index is 0.182. The average Bonchev–Trinajstić information content (AvgIpc) is 2.29. The van der Waals surface area contributed by atoms with Gasteiger partial charge in [0, 0.05) is 12.1 Å². The third-order valence-electron chi connectivity index (χ3n) is 3.15. The normalized spacial score (nSPS) is 24.6. The molecule has 0 bridgehead atoms. The Labute approximate surface area is 114 Å². The van der Waals surface area contributed by atoms with Crippen LogP contribution in [0.15, 0.2) is 12.1 Å². The minimum atomic E-state index is -0.252. The maximum atomic E-state index is 13.4. The molecule has 1 saturated carbocycles. The summed E-state index contributed by atoms with van der Waals surface area (Å²) >= 11 is 1.92. The summed E-state index contributed by atoms with van der Waals surface area (Å²) in [6.07, 6.45) is 3.20. The van der Waals surface area contributed by atoms with Crippen LogP contribution in [0.25, 0.3) is 0 Å². The van der Waals surface area contributed by atoms with E-state index in [1.165, 1.54) is 6.07 Å². The first-order valence-corrected chi connectivity index (χ1v) is 6.83. The molecule has 0 radical (unpaired) electrons. The van der Waals surface area contributed by atoms with Crippen molar-refractivity contribution in [2.24, 2.45) is 0 Å². The molecule has 1 aliphatic carbocycles. The minimum Gasteiger partial charge on any atom is -0.397 e. The second kappa shape index (κ2) is 5.39. The number of benzene rings is 1. The molecule has 0 atom stereocenters. The molecule has 3 nitrogen and oxygen atoms in total. The monoisotopic (exact) mass is 350 g/mol. The van der Waals surface area contributed by atoms with E-state index in [2.05, 4.69) is 5.32 Å². The molecule has 0 unspecified atom stereocenters. The van der Waals surface area contributed by atoms with Crippen molar-refractivity contribution in [1.82, 2.24) is 0 Å². The predicted molar refractivity (Wildman–Crippen MR) is 75.4 cm³/mol. The van der Waals surface area contributed by atoms with E-state index in [4.69, 9.17) is 5.73 Å². The zero-order valence-electron chi connectivity index (χ0n) is 9.42. The quantitative estimate of drug-likeness (QED) is 0.568. The van der Waals surface area contributed by atoms with Gasteiger partial charge in [-0.25, -0.2) is 4.39 Å². The van der Waals surface area contributed by atoms with E-state index in [-0.39, 0.29) is 18.0 Å². The average molecular weight is 350 g/mol. The van der Waals surface area contributed by atoms with E-state index >= 15 is 0 Å². The van der Waals surface area contributed by atoms with Crippen LogP contribution in [-0.2, 0) is 0 Å². The molecule has 0 aromatic heterocycles. The van der Waals surface area contributed by atoms with E-state index in [0.29, 0.717) is 14.9 Å². The zero-order valence-corrected chi connectivity index (χ0v) is 11.6. The van der Waals surface area contributed by atoms with Crippen molar-refractivity contribution in [3.63, 3.8) is 0 Å². The highest BCUT2D eigenvalue weighted by Crippen LogP contribution is 2.28. The van der Waals surface area contributed by atoms with Gasteiger partial charge in [-0.3, -0.25) is 0 Å². The summed E-state index contributed by atoms with van der Waals surface area (Å²) in [6.45, 7) is 0. The summed E-state index contributed by atoms with van der Waals surface area (Å²) in [5, 5.41) is 12.7. The Morgan fingerprint density at radius 3 is 2.59 bits per heavy atom. The Balaban J connectivity index is 2.06. The summed E-state index contributed by atoms with van der Waals surface area (Å²) in [5.74, 6) is -0.252. The topological polar surface area (TPSA) is 58.3 Å². The van der Waals surface area contributed by atoms with Crippen LogP contribution in [0.2, 0.25) is 0 Å². The first kappa shape index (κ1) is 12.9. The van der Waals surface area contributed by atoms with Gasteiger partial charge in [-0.1, -0.05) is 0 Å². The van der Waals surface area contributed by atoms with Gasteiger partial charge in [-0.15, -0.1) is 0 Å². The maximum Gasteiger partial charge on any atom is 0.138 e. The van der Waals surface area contributed by atoms with E-state index < -0.39 is 0 Å². The predicted octanol–water partition coefficient (Wildman–Crippen LogP) is 2.73. The summed E-state index contributed by atoms with van der Waals surface area (Å²) in [5.41, 5.74) is 7.08. The fourth-order valence-electron chi connectivity index (χ4n) is 2.13. The Morgan fingerprint density at radius 2 is 1.94 bits per heavy atom. The summed E-state index contributed by atoms with van der Waals surface area (Å²) in [7, 11) is 0. The Kier molecular flexibility index (Phi) is 4.09. The van der Waals surface area contributed by atoms with Crippen LogP contribution in [-0.4, -0.2) is 17.3 Å². The van der Waals surface area contributed by atoms with Crippen LogP contribution in [0, 0.1) is 9.39 Å². The number of anilines is 2. The number of aliphatic hydroxyl groups excluding tert-OH is 1. The van der Waals surface area contributed by atoms with Crippen molar-refractivity contribution in [3.8, 4) is 0 Å². The standard InChI is InChI=1S/C12H16FIN2O/c13-9-5-12(11(15)6-10(9)14)16-7-1-3-8(17)4-2-7/h5-8,16-17H,1-4,15H2. The van der Waals surface area contributed by atoms with Gasteiger partial charge in [-0.2, -0.15) is 0 Å². The first-order chi connectivity index (χ1) is 8.06. The van der Waals surface area contributed by atoms with Crippen LogP contribution >= 0.6 is 22.6 Å². The lowest BCUT2D eigenvalue weighted by atomic mass is 9.93. The number of hydrogen-bond acceptors (Lipinski definition) is 3. The van der Waals surface area contributed by atoms with Gasteiger partial charge in [0.05, 0.1) is 21.0 Å². The Bertz CT molecular complexity index is 406. The molecule has 0 amide bonds. The highest BCUT2D eigenvalue weighted by atomic mass is 127. The molecular weight excluding hydrogens is 334 g/mol. The highest BCUT2D eigenvalue weighted by molar-refractivity contribution is 14.1. The number of aliphatic hydroxyl groups is 1. The van der Waals surface area contributed by atoms with Crippen molar-refractivity contribution in [2.75, 3.05) is 11.1 Å². The van der Waals surface area contributed by atoms with Crippen molar-refractivity contribution in [3.05, 3.63) is 21.5 Å². The van der Waals surface area contributed by atoms with Crippen molar-refractivity contribution < 1.29 is 9.50 Å². The van der Waals surface area contributed by atoms with Gasteiger partial charge < -0.3 is 16.2 Å². The van der Waals surface area contributed by atoms with Crippen molar-refractivity contribution >= 4 is 34.0 Å². The fraction of sp³-hybridized carbons (Fsp3) is 0.500. The first-order valence-electron chi connectivity index (χ1n) is 5.75. The maximum absolute atomic E-state index is 13.4. The highest BCUT2D eigenvalue weighted by Gasteiger charge is 2.20. The lowest BCUT2D eigenvalue weighted by molar-refractivity contribution is 0.126. The second-order valence-electron chi connectivity index (χ2n) is 4.50. The van der Waals surface area contributed by atoms with Gasteiger partial charge in [0.25, 0.3) is 0 Å². The van der Waals surface area contributed by atoms with Gasteiger partial charge >= 0.3 is 0 Å². The van der Waals surface area contributed by atoms with Crippen LogP contribution in [0.3, 0.4) is 0 Å². The molecule has 2 rings (SSSR count). The van der Waals surface area contributed by atoms with E-state index in [9.17, 15) is 9.50 Å². The molecule has 0 saturated heterocycles.